The number of fused-ring (bicyclic) bond motifs is 1. The smallest absolute Gasteiger partial charge is 0.258 e. The van der Waals surface area contributed by atoms with Crippen molar-refractivity contribution in [3.63, 3.8) is 0 Å². The predicted molar refractivity (Wildman–Crippen MR) is 113 cm³/mol. The molecular formula is C23H21ClN2O. The van der Waals surface area contributed by atoms with Crippen LogP contribution in [0.4, 0.5) is 5.69 Å². The summed E-state index contributed by atoms with van der Waals surface area (Å²) in [5, 5.41) is 0.751. The number of amides is 1. The molecule has 3 nitrogen and oxygen atoms in total. The van der Waals surface area contributed by atoms with Crippen LogP contribution in [-0.4, -0.2) is 17.5 Å². The van der Waals surface area contributed by atoms with E-state index in [1.54, 1.807) is 4.90 Å². The lowest BCUT2D eigenvalue weighted by atomic mass is 10.0. The van der Waals surface area contributed by atoms with Gasteiger partial charge in [0.1, 0.15) is 0 Å². The maximum absolute atomic E-state index is 12.8. The van der Waals surface area contributed by atoms with Crippen molar-refractivity contribution in [1.29, 1.82) is 0 Å². The summed E-state index contributed by atoms with van der Waals surface area (Å²) >= 11 is 6.33. The van der Waals surface area contributed by atoms with Gasteiger partial charge in [-0.05, 0) is 62.2 Å². The largest absolute Gasteiger partial charge is 0.318 e. The van der Waals surface area contributed by atoms with Crippen molar-refractivity contribution >= 4 is 34.8 Å². The minimum absolute atomic E-state index is 0.0277. The van der Waals surface area contributed by atoms with Crippen LogP contribution in [0.25, 0.3) is 17.3 Å². The molecule has 0 saturated carbocycles. The Kier molecular flexibility index (Phi) is 4.20. The molecule has 0 bridgehead atoms. The number of aryl methyl sites for hydroxylation is 1. The maximum Gasteiger partial charge on any atom is 0.258 e. The molecule has 4 rings (SSSR count). The van der Waals surface area contributed by atoms with Crippen LogP contribution in [0.2, 0.25) is 5.02 Å². The molecule has 3 aromatic rings. The van der Waals surface area contributed by atoms with E-state index in [0.29, 0.717) is 0 Å². The molecule has 0 N–H and O–H groups in total. The van der Waals surface area contributed by atoms with Crippen molar-refractivity contribution in [2.45, 2.75) is 20.8 Å². The highest BCUT2D eigenvalue weighted by atomic mass is 35.5. The molecule has 4 heteroatoms. The molecule has 1 aliphatic rings. The van der Waals surface area contributed by atoms with Crippen molar-refractivity contribution in [1.82, 2.24) is 4.57 Å². The average molecular weight is 377 g/mol. The Morgan fingerprint density at radius 2 is 1.67 bits per heavy atom. The average Bonchev–Trinajstić information content (AvgIpc) is 3.06. The molecule has 0 saturated heterocycles. The van der Waals surface area contributed by atoms with E-state index in [9.17, 15) is 4.79 Å². The van der Waals surface area contributed by atoms with Gasteiger partial charge in [-0.25, -0.2) is 0 Å². The van der Waals surface area contributed by atoms with Crippen LogP contribution < -0.4 is 4.90 Å². The van der Waals surface area contributed by atoms with Crippen LogP contribution >= 0.6 is 11.6 Å². The summed E-state index contributed by atoms with van der Waals surface area (Å²) in [6.45, 7) is 6.18. The highest BCUT2D eigenvalue weighted by molar-refractivity contribution is 6.35. The van der Waals surface area contributed by atoms with Crippen LogP contribution in [0, 0.1) is 20.8 Å². The SMILES string of the molecule is Cc1c(Cl)cccc1-n1c(C)cc(/C=C2/C(=O)N(C)c3ccccc32)c1C. The number of hydrogen-bond donors (Lipinski definition) is 0. The standard InChI is InChI=1S/C23H21ClN2O/c1-14-12-17(16(3)26(14)21-11-7-9-20(24)15(21)2)13-19-18-8-5-6-10-22(18)25(4)23(19)27/h5-13H,1-4H3/b19-13+. The minimum atomic E-state index is 0.0277. The molecule has 27 heavy (non-hydrogen) atoms. The number of anilines is 1. The first-order valence-corrected chi connectivity index (χ1v) is 9.31. The van der Waals surface area contributed by atoms with Crippen molar-refractivity contribution < 1.29 is 4.79 Å². The number of benzene rings is 2. The van der Waals surface area contributed by atoms with Crippen LogP contribution in [0.3, 0.4) is 0 Å². The van der Waals surface area contributed by atoms with Gasteiger partial charge < -0.3 is 9.47 Å². The Bertz CT molecular complexity index is 1110. The molecule has 0 atom stereocenters. The van der Waals surface area contributed by atoms with Crippen molar-refractivity contribution in [3.8, 4) is 5.69 Å². The normalized spacial score (nSPS) is 14.9. The van der Waals surface area contributed by atoms with Crippen LogP contribution in [0.1, 0.15) is 28.1 Å². The minimum Gasteiger partial charge on any atom is -0.318 e. The Morgan fingerprint density at radius 1 is 0.963 bits per heavy atom. The van der Waals surface area contributed by atoms with E-state index in [4.69, 9.17) is 11.6 Å². The molecule has 0 spiro atoms. The van der Waals surface area contributed by atoms with Crippen LogP contribution in [0.15, 0.2) is 48.5 Å². The van der Waals surface area contributed by atoms with Gasteiger partial charge >= 0.3 is 0 Å². The zero-order valence-electron chi connectivity index (χ0n) is 15.9. The topological polar surface area (TPSA) is 25.2 Å². The van der Waals surface area contributed by atoms with Gasteiger partial charge in [0, 0.05) is 40.3 Å². The van der Waals surface area contributed by atoms with E-state index in [1.807, 2.05) is 56.4 Å². The summed E-state index contributed by atoms with van der Waals surface area (Å²) in [7, 11) is 1.82. The number of halogens is 1. The predicted octanol–water partition coefficient (Wildman–Crippen LogP) is 5.57. The molecule has 1 aromatic heterocycles. The second kappa shape index (κ2) is 6.43. The summed E-state index contributed by atoms with van der Waals surface area (Å²) in [6.07, 6.45) is 2.00. The first-order valence-electron chi connectivity index (χ1n) is 8.93. The zero-order valence-corrected chi connectivity index (χ0v) is 16.6. The van der Waals surface area contributed by atoms with Crippen LogP contribution in [-0.2, 0) is 4.79 Å². The van der Waals surface area contributed by atoms with Crippen molar-refractivity contribution in [3.05, 3.63) is 81.6 Å². The molecule has 1 amide bonds. The van der Waals surface area contributed by atoms with Crippen molar-refractivity contribution in [2.24, 2.45) is 0 Å². The molecular weight excluding hydrogens is 356 g/mol. The number of para-hydroxylation sites is 1. The third-order valence-corrected chi connectivity index (χ3v) is 5.75. The quantitative estimate of drug-likeness (QED) is 0.536. The number of rotatable bonds is 2. The van der Waals surface area contributed by atoms with Gasteiger partial charge in [-0.15, -0.1) is 0 Å². The first kappa shape index (κ1) is 17.6. The van der Waals surface area contributed by atoms with E-state index in [1.165, 1.54) is 0 Å². The molecule has 0 unspecified atom stereocenters. The molecule has 0 aliphatic carbocycles. The third kappa shape index (κ3) is 2.70. The summed E-state index contributed by atoms with van der Waals surface area (Å²) in [6, 6.07) is 16.0. The van der Waals surface area contributed by atoms with Crippen LogP contribution in [0.5, 0.6) is 0 Å². The Morgan fingerprint density at radius 3 is 2.44 bits per heavy atom. The van der Waals surface area contributed by atoms with E-state index < -0.39 is 0 Å². The fourth-order valence-corrected chi connectivity index (χ4v) is 4.01. The summed E-state index contributed by atoms with van der Waals surface area (Å²) in [5.41, 5.74) is 8.01. The molecule has 0 radical (unpaired) electrons. The van der Waals surface area contributed by atoms with Crippen molar-refractivity contribution in [2.75, 3.05) is 11.9 Å². The maximum atomic E-state index is 12.8. The lowest BCUT2D eigenvalue weighted by Gasteiger charge is -2.13. The second-order valence-corrected chi connectivity index (χ2v) is 7.39. The van der Waals surface area contributed by atoms with Gasteiger partial charge in [0.25, 0.3) is 5.91 Å². The van der Waals surface area contributed by atoms with Gasteiger partial charge in [-0.1, -0.05) is 35.9 Å². The number of carbonyl (C=O) groups is 1. The molecule has 2 heterocycles. The molecule has 0 fully saturated rings. The van der Waals surface area contributed by atoms with Gasteiger partial charge in [0.15, 0.2) is 0 Å². The lowest BCUT2D eigenvalue weighted by Crippen LogP contribution is -2.20. The first-order chi connectivity index (χ1) is 12.9. The van der Waals surface area contributed by atoms with E-state index in [2.05, 4.69) is 30.5 Å². The third-order valence-electron chi connectivity index (χ3n) is 5.34. The number of hydrogen-bond acceptors (Lipinski definition) is 1. The zero-order chi connectivity index (χ0) is 19.3. The van der Waals surface area contributed by atoms with Gasteiger partial charge in [-0.2, -0.15) is 0 Å². The number of aromatic nitrogens is 1. The number of likely N-dealkylation sites (N-methyl/N-ethyl adjacent to an activating group) is 1. The molecule has 136 valence electrons. The van der Waals surface area contributed by atoms with Gasteiger partial charge in [0.2, 0.25) is 0 Å². The lowest BCUT2D eigenvalue weighted by molar-refractivity contribution is -0.112. The number of carbonyl (C=O) groups excluding carboxylic acids is 1. The van der Waals surface area contributed by atoms with E-state index in [0.717, 1.165) is 50.0 Å². The van der Waals surface area contributed by atoms with Gasteiger partial charge in [0.05, 0.1) is 5.69 Å². The number of nitrogens with zero attached hydrogens (tertiary/aromatic N) is 2. The summed E-state index contributed by atoms with van der Waals surface area (Å²) < 4.78 is 2.20. The summed E-state index contributed by atoms with van der Waals surface area (Å²) in [5.74, 6) is 0.0277. The van der Waals surface area contributed by atoms with E-state index >= 15 is 0 Å². The highest BCUT2D eigenvalue weighted by Crippen LogP contribution is 2.37. The monoisotopic (exact) mass is 376 g/mol. The second-order valence-electron chi connectivity index (χ2n) is 6.99. The fraction of sp³-hybridized carbons (Fsp3) is 0.174. The molecule has 1 aliphatic heterocycles. The Labute approximate surface area is 164 Å². The highest BCUT2D eigenvalue weighted by Gasteiger charge is 2.29. The fourth-order valence-electron chi connectivity index (χ4n) is 3.84. The van der Waals surface area contributed by atoms with E-state index in [-0.39, 0.29) is 5.91 Å². The van der Waals surface area contributed by atoms with Gasteiger partial charge in [-0.3, -0.25) is 4.79 Å². The molecule has 2 aromatic carbocycles. The Balaban J connectivity index is 1.87. The summed E-state index contributed by atoms with van der Waals surface area (Å²) in [4.78, 5) is 14.5. The Hall–Kier alpha value is -2.78.